The number of hydrogen-bond donors (Lipinski definition) is 3. The monoisotopic (exact) mass is 303 g/mol. The van der Waals surface area contributed by atoms with Crippen molar-refractivity contribution >= 4 is 16.7 Å². The lowest BCUT2D eigenvalue weighted by molar-refractivity contribution is 0.318. The van der Waals surface area contributed by atoms with Crippen LogP contribution in [0.25, 0.3) is 16.6 Å². The minimum atomic E-state index is -0.860. The predicted octanol–water partition coefficient (Wildman–Crippen LogP) is 2.71. The van der Waals surface area contributed by atoms with E-state index < -0.39 is 17.6 Å². The summed E-state index contributed by atoms with van der Waals surface area (Å²) in [4.78, 5) is 0. The Hall–Kier alpha value is -3.09. The third kappa shape index (κ3) is 1.95. The first-order valence-corrected chi connectivity index (χ1v) is 6.30. The molecule has 0 bridgehead atoms. The summed E-state index contributed by atoms with van der Waals surface area (Å²) >= 11 is 0. The zero-order valence-electron chi connectivity index (χ0n) is 11.2. The summed E-state index contributed by atoms with van der Waals surface area (Å²) in [5, 5.41) is 21.3. The molecule has 0 aliphatic heterocycles. The quantitative estimate of drug-likeness (QED) is 0.294. The molecule has 0 saturated carbocycles. The lowest BCUT2D eigenvalue weighted by Gasteiger charge is -2.08. The Balaban J connectivity index is 2.42. The molecule has 0 atom stereocenters. The summed E-state index contributed by atoms with van der Waals surface area (Å²) < 4.78 is 29.8. The number of benzene rings is 2. The van der Waals surface area contributed by atoms with Gasteiger partial charge in [0, 0.05) is 11.5 Å². The highest BCUT2D eigenvalue weighted by atomic mass is 19.1. The summed E-state index contributed by atoms with van der Waals surface area (Å²) in [5.41, 5.74) is 5.67. The first kappa shape index (κ1) is 13.9. The Labute approximate surface area is 123 Å². The van der Waals surface area contributed by atoms with Gasteiger partial charge in [-0.15, -0.1) is 0 Å². The first-order chi connectivity index (χ1) is 10.5. The van der Waals surface area contributed by atoms with Gasteiger partial charge < -0.3 is 16.0 Å². The number of oxime groups is 1. The normalized spacial score (nSPS) is 12.0. The van der Waals surface area contributed by atoms with E-state index in [1.165, 1.54) is 12.1 Å². The molecule has 0 amide bonds. The molecule has 0 aliphatic rings. The molecule has 3 rings (SSSR count). The van der Waals surface area contributed by atoms with E-state index in [2.05, 4.69) is 5.16 Å². The zero-order chi connectivity index (χ0) is 15.9. The maximum absolute atomic E-state index is 14.8. The highest BCUT2D eigenvalue weighted by molar-refractivity contribution is 6.09. The maximum Gasteiger partial charge on any atom is 0.210 e. The lowest BCUT2D eigenvalue weighted by atomic mass is 10.1. The van der Waals surface area contributed by atoms with Crippen LogP contribution in [0.2, 0.25) is 0 Å². The first-order valence-electron chi connectivity index (χ1n) is 6.30. The Morgan fingerprint density at radius 3 is 2.55 bits per heavy atom. The molecule has 4 N–H and O–H groups in total. The Morgan fingerprint density at radius 2 is 1.86 bits per heavy atom. The number of nitrogens with zero attached hydrogens (tertiary/aromatic N) is 2. The van der Waals surface area contributed by atoms with E-state index in [0.717, 1.165) is 10.6 Å². The van der Waals surface area contributed by atoms with E-state index >= 15 is 0 Å². The summed E-state index contributed by atoms with van der Waals surface area (Å²) in [6, 6.07) is 9.86. The van der Waals surface area contributed by atoms with Gasteiger partial charge in [0.2, 0.25) is 5.95 Å². The molecule has 1 aromatic heterocycles. The van der Waals surface area contributed by atoms with Gasteiger partial charge in [0.05, 0.1) is 16.8 Å². The Kier molecular flexibility index (Phi) is 3.17. The number of hydrogen-bond acceptors (Lipinski definition) is 3. The second-order valence-corrected chi connectivity index (χ2v) is 4.64. The van der Waals surface area contributed by atoms with Gasteiger partial charge >= 0.3 is 0 Å². The van der Waals surface area contributed by atoms with Crippen molar-refractivity contribution in [3.63, 3.8) is 0 Å². The van der Waals surface area contributed by atoms with Crippen LogP contribution in [-0.2, 0) is 0 Å². The molecule has 0 fully saturated rings. The van der Waals surface area contributed by atoms with Crippen LogP contribution < -0.4 is 5.73 Å². The number of rotatable bonds is 2. The van der Waals surface area contributed by atoms with Crippen LogP contribution in [0.15, 0.2) is 47.6 Å². The fraction of sp³-hybridized carbons (Fsp3) is 0. The Bertz CT molecular complexity index is 903. The summed E-state index contributed by atoms with van der Waals surface area (Å²) in [5.74, 6) is -2.34. The van der Waals surface area contributed by atoms with Crippen LogP contribution in [0.4, 0.5) is 8.78 Å². The molecule has 22 heavy (non-hydrogen) atoms. The molecule has 5 nitrogen and oxygen atoms in total. The average molecular weight is 303 g/mol. The van der Waals surface area contributed by atoms with Gasteiger partial charge in [-0.3, -0.25) is 4.57 Å². The van der Waals surface area contributed by atoms with E-state index in [-0.39, 0.29) is 17.0 Å². The van der Waals surface area contributed by atoms with Crippen molar-refractivity contribution < 1.29 is 19.1 Å². The van der Waals surface area contributed by atoms with Gasteiger partial charge in [0.1, 0.15) is 5.75 Å². The molecule has 3 aromatic rings. The van der Waals surface area contributed by atoms with Crippen molar-refractivity contribution in [2.75, 3.05) is 0 Å². The number of aromatic hydroxyl groups is 1. The molecule has 0 aliphatic carbocycles. The van der Waals surface area contributed by atoms with Gasteiger partial charge in [0.15, 0.2) is 11.7 Å². The van der Waals surface area contributed by atoms with Gasteiger partial charge in [-0.1, -0.05) is 23.4 Å². The number of phenols is 1. The van der Waals surface area contributed by atoms with Crippen LogP contribution in [-0.4, -0.2) is 20.7 Å². The van der Waals surface area contributed by atoms with Crippen LogP contribution in [0.3, 0.4) is 0 Å². The van der Waals surface area contributed by atoms with Gasteiger partial charge in [-0.2, -0.15) is 4.39 Å². The van der Waals surface area contributed by atoms with Gasteiger partial charge in [-0.05, 0) is 18.2 Å². The highest BCUT2D eigenvalue weighted by Gasteiger charge is 2.22. The van der Waals surface area contributed by atoms with Gasteiger partial charge in [0.25, 0.3) is 0 Å². The fourth-order valence-electron chi connectivity index (χ4n) is 2.42. The number of fused-ring (bicyclic) bond motifs is 1. The smallest absolute Gasteiger partial charge is 0.210 e. The molecule has 1 heterocycles. The molecule has 0 radical (unpaired) electrons. The molecule has 0 unspecified atom stereocenters. The van der Waals surface area contributed by atoms with Crippen LogP contribution in [0.1, 0.15) is 5.56 Å². The van der Waals surface area contributed by atoms with Crippen molar-refractivity contribution in [1.29, 1.82) is 0 Å². The minimum Gasteiger partial charge on any atom is -0.508 e. The number of phenolic OH excluding ortho intramolecular Hbond substituents is 1. The maximum atomic E-state index is 14.8. The van der Waals surface area contributed by atoms with Crippen molar-refractivity contribution in [3.05, 3.63) is 59.8 Å². The van der Waals surface area contributed by atoms with E-state index in [1.54, 1.807) is 24.3 Å². The van der Waals surface area contributed by atoms with Crippen LogP contribution in [0, 0.1) is 11.8 Å². The molecule has 112 valence electrons. The molecular formula is C15H11F2N3O2. The molecule has 0 saturated heterocycles. The fourth-order valence-corrected chi connectivity index (χ4v) is 2.42. The Morgan fingerprint density at radius 1 is 1.14 bits per heavy atom. The number of halogens is 2. The zero-order valence-corrected chi connectivity index (χ0v) is 11.2. The van der Waals surface area contributed by atoms with Crippen molar-refractivity contribution in [1.82, 2.24) is 4.57 Å². The van der Waals surface area contributed by atoms with E-state index in [0.29, 0.717) is 10.9 Å². The third-order valence-electron chi connectivity index (χ3n) is 3.35. The van der Waals surface area contributed by atoms with Crippen molar-refractivity contribution in [2.24, 2.45) is 10.9 Å². The highest BCUT2D eigenvalue weighted by Crippen LogP contribution is 2.30. The minimum absolute atomic E-state index is 0.0940. The molecule has 2 aromatic carbocycles. The summed E-state index contributed by atoms with van der Waals surface area (Å²) in [7, 11) is 0. The van der Waals surface area contributed by atoms with E-state index in [4.69, 9.17) is 10.9 Å². The topological polar surface area (TPSA) is 83.8 Å². The summed E-state index contributed by atoms with van der Waals surface area (Å²) in [6.07, 6.45) is 0. The number of para-hydroxylation sites is 1. The standard InChI is InChI=1S/C15H11F2N3O2/c16-10-7-8(21)5-6-12(10)20-11-4-2-1-3-9(11)13(14(20)17)15(18)19-22/h1-7,21-22H,(H2,18,19). The number of aromatic nitrogens is 1. The summed E-state index contributed by atoms with van der Waals surface area (Å²) in [6.45, 7) is 0. The van der Waals surface area contributed by atoms with E-state index in [1.807, 2.05) is 0 Å². The number of amidine groups is 1. The number of nitrogens with two attached hydrogens (primary N) is 1. The van der Waals surface area contributed by atoms with Crippen LogP contribution in [0.5, 0.6) is 5.75 Å². The third-order valence-corrected chi connectivity index (χ3v) is 3.35. The van der Waals surface area contributed by atoms with Crippen molar-refractivity contribution in [2.45, 2.75) is 0 Å². The molecular weight excluding hydrogens is 292 g/mol. The largest absolute Gasteiger partial charge is 0.508 e. The van der Waals surface area contributed by atoms with E-state index in [9.17, 15) is 13.9 Å². The molecule has 7 heteroatoms. The van der Waals surface area contributed by atoms with Gasteiger partial charge in [-0.25, -0.2) is 4.39 Å². The second-order valence-electron chi connectivity index (χ2n) is 4.64. The SMILES string of the molecule is NC(=NO)c1c(F)n(-c2ccc(O)cc2F)c2ccccc12. The second kappa shape index (κ2) is 5.03. The van der Waals surface area contributed by atoms with Crippen LogP contribution >= 0.6 is 0 Å². The molecule has 0 spiro atoms. The average Bonchev–Trinajstić information content (AvgIpc) is 2.79. The van der Waals surface area contributed by atoms with Crippen molar-refractivity contribution in [3.8, 4) is 11.4 Å². The predicted molar refractivity (Wildman–Crippen MR) is 77.4 cm³/mol. The lowest BCUT2D eigenvalue weighted by Crippen LogP contribution is -2.15.